The molecule has 0 rings (SSSR count). The summed E-state index contributed by atoms with van der Waals surface area (Å²) in [6.07, 6.45) is -4.79. The van der Waals surface area contributed by atoms with Crippen molar-refractivity contribution in [3.8, 4) is 0 Å². The summed E-state index contributed by atoms with van der Waals surface area (Å²) in [5.41, 5.74) is 0. The topological polar surface area (TPSA) is 29.1 Å². The van der Waals surface area contributed by atoms with E-state index >= 15 is 0 Å². The molecule has 0 saturated heterocycles. The Bertz CT molecular complexity index is 191. The molecule has 0 atom stereocenters. The van der Waals surface area contributed by atoms with Crippen molar-refractivity contribution in [3.05, 3.63) is 0 Å². The number of carbonyl (C=O) groups is 1. The number of alkyl halides is 3. The fraction of sp³-hybridized carbons (Fsp3) is 0.889. The molecule has 0 unspecified atom stereocenters. The smallest absolute Gasteiger partial charge is 0.345 e. The maximum absolute atomic E-state index is 11.9. The molecular formula is C9H16F3NO. The summed E-state index contributed by atoms with van der Waals surface area (Å²) in [5.74, 6) is -1.88. The number of hydrogen-bond donors (Lipinski definition) is 1. The highest BCUT2D eigenvalue weighted by atomic mass is 19.4. The molecule has 0 saturated carbocycles. The van der Waals surface area contributed by atoms with E-state index in [1.54, 1.807) is 27.7 Å². The highest BCUT2D eigenvalue weighted by Crippen LogP contribution is 2.18. The summed E-state index contributed by atoms with van der Waals surface area (Å²) in [6, 6.07) is -0.441. The lowest BCUT2D eigenvalue weighted by atomic mass is 9.93. The van der Waals surface area contributed by atoms with Crippen LogP contribution in [0.3, 0.4) is 0 Å². The van der Waals surface area contributed by atoms with E-state index in [1.807, 2.05) is 5.32 Å². The van der Waals surface area contributed by atoms with Crippen LogP contribution < -0.4 is 5.32 Å². The summed E-state index contributed by atoms with van der Waals surface area (Å²) in [6.45, 7) is 7.12. The first-order valence-electron chi connectivity index (χ1n) is 4.54. The molecule has 0 heterocycles. The average Bonchev–Trinajstić information content (AvgIpc) is 1.96. The molecule has 0 aliphatic heterocycles. The van der Waals surface area contributed by atoms with Crippen molar-refractivity contribution >= 4 is 5.91 Å². The van der Waals surface area contributed by atoms with Crippen LogP contribution in [0, 0.1) is 11.8 Å². The second-order valence-corrected chi connectivity index (χ2v) is 3.99. The van der Waals surface area contributed by atoms with E-state index in [0.717, 1.165) is 0 Å². The minimum Gasteiger partial charge on any atom is -0.345 e. The van der Waals surface area contributed by atoms with Crippen molar-refractivity contribution in [2.45, 2.75) is 39.9 Å². The second kappa shape index (κ2) is 4.66. The van der Waals surface area contributed by atoms with Gasteiger partial charge in [-0.05, 0) is 11.8 Å². The van der Waals surface area contributed by atoms with Crippen molar-refractivity contribution in [1.29, 1.82) is 0 Å². The summed E-state index contributed by atoms with van der Waals surface area (Å²) in [5, 5.41) is 1.99. The molecule has 0 spiro atoms. The maximum Gasteiger partial charge on any atom is 0.471 e. The molecule has 1 N–H and O–H groups in total. The van der Waals surface area contributed by atoms with E-state index in [9.17, 15) is 18.0 Å². The van der Waals surface area contributed by atoms with Crippen LogP contribution in [0.1, 0.15) is 27.7 Å². The quantitative estimate of drug-likeness (QED) is 0.762. The fourth-order valence-corrected chi connectivity index (χ4v) is 1.34. The third-order valence-electron chi connectivity index (χ3n) is 1.99. The van der Waals surface area contributed by atoms with E-state index in [2.05, 4.69) is 0 Å². The van der Waals surface area contributed by atoms with Crippen molar-refractivity contribution in [2.75, 3.05) is 0 Å². The summed E-state index contributed by atoms with van der Waals surface area (Å²) in [7, 11) is 0. The van der Waals surface area contributed by atoms with Crippen LogP contribution in [-0.2, 0) is 4.79 Å². The zero-order chi connectivity index (χ0) is 11.5. The monoisotopic (exact) mass is 211 g/mol. The Morgan fingerprint density at radius 2 is 1.43 bits per heavy atom. The number of rotatable bonds is 3. The van der Waals surface area contributed by atoms with Gasteiger partial charge in [0, 0.05) is 6.04 Å². The standard InChI is InChI=1S/C9H16F3NO/c1-5(2)7(6(3)4)13-8(14)9(10,11)12/h5-7H,1-4H3,(H,13,14). The second-order valence-electron chi connectivity index (χ2n) is 3.99. The molecule has 0 aromatic heterocycles. The molecule has 5 heteroatoms. The van der Waals surface area contributed by atoms with E-state index in [1.165, 1.54) is 0 Å². The Balaban J connectivity index is 4.40. The van der Waals surface area contributed by atoms with Crippen LogP contribution >= 0.6 is 0 Å². The molecule has 1 amide bonds. The Hall–Kier alpha value is -0.740. The number of halogens is 3. The highest BCUT2D eigenvalue weighted by molar-refractivity contribution is 5.81. The van der Waals surface area contributed by atoms with Crippen LogP contribution in [0.2, 0.25) is 0 Å². The largest absolute Gasteiger partial charge is 0.471 e. The molecule has 0 radical (unpaired) electrons. The predicted octanol–water partition coefficient (Wildman–Crippen LogP) is 2.35. The molecule has 0 aliphatic rings. The van der Waals surface area contributed by atoms with Crippen LogP contribution in [0.4, 0.5) is 13.2 Å². The fourth-order valence-electron chi connectivity index (χ4n) is 1.34. The Labute approximate surface area is 81.9 Å². The van der Waals surface area contributed by atoms with Gasteiger partial charge >= 0.3 is 12.1 Å². The van der Waals surface area contributed by atoms with Crippen LogP contribution in [-0.4, -0.2) is 18.1 Å². The number of amides is 1. The van der Waals surface area contributed by atoms with Crippen LogP contribution in [0.15, 0.2) is 0 Å². The van der Waals surface area contributed by atoms with Gasteiger partial charge in [-0.1, -0.05) is 27.7 Å². The SMILES string of the molecule is CC(C)C(NC(=O)C(F)(F)F)C(C)C. The third-order valence-corrected chi connectivity index (χ3v) is 1.99. The zero-order valence-electron chi connectivity index (χ0n) is 8.77. The molecule has 84 valence electrons. The van der Waals surface area contributed by atoms with Crippen molar-refractivity contribution in [1.82, 2.24) is 5.32 Å². The lowest BCUT2D eigenvalue weighted by molar-refractivity contribution is -0.175. The van der Waals surface area contributed by atoms with Gasteiger partial charge < -0.3 is 5.32 Å². The summed E-state index contributed by atoms with van der Waals surface area (Å²) < 4.78 is 35.8. The molecule has 0 aliphatic carbocycles. The van der Waals surface area contributed by atoms with Crippen LogP contribution in [0.25, 0.3) is 0 Å². The van der Waals surface area contributed by atoms with Gasteiger partial charge in [0.15, 0.2) is 0 Å². The third kappa shape index (κ3) is 3.98. The molecule has 0 aromatic carbocycles. The molecular weight excluding hydrogens is 195 g/mol. The van der Waals surface area contributed by atoms with E-state index in [4.69, 9.17) is 0 Å². The normalized spacial score (nSPS) is 12.7. The Morgan fingerprint density at radius 3 is 1.64 bits per heavy atom. The molecule has 2 nitrogen and oxygen atoms in total. The van der Waals surface area contributed by atoms with Crippen molar-refractivity contribution < 1.29 is 18.0 Å². The lowest BCUT2D eigenvalue weighted by Crippen LogP contribution is -2.47. The molecule has 0 bridgehead atoms. The van der Waals surface area contributed by atoms with Gasteiger partial charge in [-0.15, -0.1) is 0 Å². The first-order chi connectivity index (χ1) is 6.16. The number of carbonyl (C=O) groups excluding carboxylic acids is 1. The van der Waals surface area contributed by atoms with Gasteiger partial charge in [-0.3, -0.25) is 4.79 Å². The number of hydrogen-bond acceptors (Lipinski definition) is 1. The highest BCUT2D eigenvalue weighted by Gasteiger charge is 2.40. The van der Waals surface area contributed by atoms with Gasteiger partial charge in [-0.2, -0.15) is 13.2 Å². The Kier molecular flexibility index (Phi) is 4.42. The zero-order valence-corrected chi connectivity index (χ0v) is 8.77. The minimum absolute atomic E-state index is 0.0127. The van der Waals surface area contributed by atoms with E-state index in [-0.39, 0.29) is 11.8 Å². The van der Waals surface area contributed by atoms with Crippen molar-refractivity contribution in [3.63, 3.8) is 0 Å². The molecule has 0 aromatic rings. The minimum atomic E-state index is -4.79. The van der Waals surface area contributed by atoms with E-state index in [0.29, 0.717) is 0 Å². The van der Waals surface area contributed by atoms with Gasteiger partial charge in [0.2, 0.25) is 0 Å². The number of nitrogens with one attached hydrogen (secondary N) is 1. The average molecular weight is 211 g/mol. The van der Waals surface area contributed by atoms with Gasteiger partial charge in [0.05, 0.1) is 0 Å². The van der Waals surface area contributed by atoms with Gasteiger partial charge in [0.25, 0.3) is 0 Å². The van der Waals surface area contributed by atoms with E-state index < -0.39 is 18.1 Å². The first-order valence-corrected chi connectivity index (χ1v) is 4.54. The molecule has 14 heavy (non-hydrogen) atoms. The summed E-state index contributed by atoms with van der Waals surface area (Å²) >= 11 is 0. The Morgan fingerprint density at radius 1 is 1.07 bits per heavy atom. The molecule has 0 fully saturated rings. The first kappa shape index (κ1) is 13.3. The maximum atomic E-state index is 11.9. The van der Waals surface area contributed by atoms with Crippen LogP contribution in [0.5, 0.6) is 0 Å². The van der Waals surface area contributed by atoms with Gasteiger partial charge in [0.1, 0.15) is 0 Å². The predicted molar refractivity (Wildman–Crippen MR) is 47.7 cm³/mol. The van der Waals surface area contributed by atoms with Crippen molar-refractivity contribution in [2.24, 2.45) is 11.8 Å². The van der Waals surface area contributed by atoms with Gasteiger partial charge in [-0.25, -0.2) is 0 Å². The lowest BCUT2D eigenvalue weighted by Gasteiger charge is -2.26. The summed E-state index contributed by atoms with van der Waals surface area (Å²) in [4.78, 5) is 10.6.